The Morgan fingerprint density at radius 2 is 2.06 bits per heavy atom. The second-order valence-corrected chi connectivity index (χ2v) is 4.67. The quantitative estimate of drug-likeness (QED) is 0.748. The molecule has 0 saturated carbocycles. The van der Waals surface area contributed by atoms with Crippen LogP contribution in [0.4, 0.5) is 10.1 Å². The van der Waals surface area contributed by atoms with Gasteiger partial charge in [-0.05, 0) is 28.1 Å². The third-order valence-electron chi connectivity index (χ3n) is 2.24. The van der Waals surface area contributed by atoms with Crippen molar-refractivity contribution < 1.29 is 14.0 Å². The van der Waals surface area contributed by atoms with E-state index in [2.05, 4.69) is 15.9 Å². The van der Waals surface area contributed by atoms with Gasteiger partial charge in [0.2, 0.25) is 5.91 Å². The average molecular weight is 307 g/mol. The van der Waals surface area contributed by atoms with Crippen LogP contribution in [0.5, 0.6) is 0 Å². The van der Waals surface area contributed by atoms with Gasteiger partial charge in [0.05, 0.1) is 23.7 Å². The van der Waals surface area contributed by atoms with Crippen molar-refractivity contribution in [1.29, 1.82) is 0 Å². The van der Waals surface area contributed by atoms with Crippen molar-refractivity contribution in [3.63, 3.8) is 0 Å². The van der Waals surface area contributed by atoms with Gasteiger partial charge in [0.15, 0.2) is 5.78 Å². The van der Waals surface area contributed by atoms with E-state index in [0.717, 1.165) is 6.07 Å². The van der Waals surface area contributed by atoms with E-state index in [1.165, 1.54) is 11.0 Å². The Morgan fingerprint density at radius 3 is 2.56 bits per heavy atom. The highest BCUT2D eigenvalue weighted by Crippen LogP contribution is 2.36. The van der Waals surface area contributed by atoms with Crippen LogP contribution in [-0.2, 0) is 9.59 Å². The van der Waals surface area contributed by atoms with Gasteiger partial charge in [-0.2, -0.15) is 0 Å². The number of nitrogens with zero attached hydrogens (tertiary/aromatic N) is 1. The largest absolute Gasteiger partial charge is 0.302 e. The summed E-state index contributed by atoms with van der Waals surface area (Å²) in [6.45, 7) is -0.0111. The summed E-state index contributed by atoms with van der Waals surface area (Å²) < 4.78 is 13.3. The van der Waals surface area contributed by atoms with Crippen LogP contribution in [0.1, 0.15) is 6.42 Å². The molecule has 1 aliphatic rings. The van der Waals surface area contributed by atoms with Crippen molar-refractivity contribution in [2.24, 2.45) is 0 Å². The van der Waals surface area contributed by atoms with Crippen LogP contribution in [0.15, 0.2) is 16.6 Å². The first-order valence-corrected chi connectivity index (χ1v) is 5.62. The fourth-order valence-corrected chi connectivity index (χ4v) is 2.65. The number of hydrogen-bond acceptors (Lipinski definition) is 2. The summed E-state index contributed by atoms with van der Waals surface area (Å²) in [5.41, 5.74) is 0.346. The predicted molar refractivity (Wildman–Crippen MR) is 61.1 cm³/mol. The SMILES string of the molecule is O=C1CC(=O)N(c2c(Cl)cc(F)cc2Br)C1. The molecule has 0 aromatic heterocycles. The van der Waals surface area contributed by atoms with E-state index < -0.39 is 5.82 Å². The molecule has 1 aromatic rings. The van der Waals surface area contributed by atoms with Crippen LogP contribution in [-0.4, -0.2) is 18.2 Å². The molecule has 0 bridgehead atoms. The molecule has 1 heterocycles. The summed E-state index contributed by atoms with van der Waals surface area (Å²) in [5.74, 6) is -0.991. The van der Waals surface area contributed by atoms with E-state index in [0.29, 0.717) is 10.2 Å². The molecule has 1 aliphatic heterocycles. The molecule has 1 aromatic carbocycles. The number of Topliss-reactive ketones (excluding diaryl/α,β-unsaturated/α-hetero) is 1. The van der Waals surface area contributed by atoms with Crippen LogP contribution < -0.4 is 4.90 Å². The fraction of sp³-hybridized carbons (Fsp3) is 0.200. The monoisotopic (exact) mass is 305 g/mol. The van der Waals surface area contributed by atoms with Gasteiger partial charge in [-0.1, -0.05) is 11.6 Å². The van der Waals surface area contributed by atoms with Gasteiger partial charge >= 0.3 is 0 Å². The molecule has 0 spiro atoms. The molecule has 84 valence electrons. The molecule has 2 rings (SSSR count). The molecule has 1 amide bonds. The molecule has 3 nitrogen and oxygen atoms in total. The first-order valence-electron chi connectivity index (χ1n) is 4.45. The van der Waals surface area contributed by atoms with Gasteiger partial charge in [0.25, 0.3) is 0 Å². The smallest absolute Gasteiger partial charge is 0.234 e. The Morgan fingerprint density at radius 1 is 1.38 bits per heavy atom. The minimum atomic E-state index is -0.501. The molecule has 1 fully saturated rings. The number of ketones is 1. The first kappa shape index (κ1) is 11.5. The standard InChI is InChI=1S/C10H6BrClFNO2/c11-7-1-5(13)2-8(12)10(7)14-4-6(15)3-9(14)16/h1-2H,3-4H2. The molecule has 6 heteroatoms. The van der Waals surface area contributed by atoms with Crippen LogP contribution >= 0.6 is 27.5 Å². The second-order valence-electron chi connectivity index (χ2n) is 3.41. The molecule has 0 unspecified atom stereocenters. The number of amides is 1. The summed E-state index contributed by atoms with van der Waals surface area (Å²) in [4.78, 5) is 23.9. The molecule has 0 radical (unpaired) electrons. The lowest BCUT2D eigenvalue weighted by atomic mass is 10.3. The summed E-state index contributed by atoms with van der Waals surface area (Å²) in [6.07, 6.45) is -0.125. The van der Waals surface area contributed by atoms with Gasteiger partial charge < -0.3 is 4.90 Å². The second kappa shape index (κ2) is 4.14. The van der Waals surface area contributed by atoms with E-state index in [1.54, 1.807) is 0 Å². The average Bonchev–Trinajstić information content (AvgIpc) is 2.43. The summed E-state index contributed by atoms with van der Waals surface area (Å²) in [7, 11) is 0. The zero-order chi connectivity index (χ0) is 11.9. The lowest BCUT2D eigenvalue weighted by Crippen LogP contribution is -2.25. The Kier molecular flexibility index (Phi) is 2.99. The Bertz CT molecular complexity index is 469. The summed E-state index contributed by atoms with van der Waals surface area (Å²) in [6, 6.07) is 2.31. The van der Waals surface area contributed by atoms with Gasteiger partial charge in [-0.15, -0.1) is 0 Å². The predicted octanol–water partition coefficient (Wildman–Crippen LogP) is 2.55. The van der Waals surface area contributed by atoms with Crippen LogP contribution in [0.2, 0.25) is 5.02 Å². The maximum absolute atomic E-state index is 13.0. The molecule has 0 aliphatic carbocycles. The third kappa shape index (κ3) is 1.97. The van der Waals surface area contributed by atoms with E-state index in [1.807, 2.05) is 0 Å². The Labute approximate surface area is 104 Å². The summed E-state index contributed by atoms with van der Waals surface area (Å²) in [5, 5.41) is 0.106. The lowest BCUT2D eigenvalue weighted by Gasteiger charge is -2.18. The van der Waals surface area contributed by atoms with Crippen LogP contribution in [0, 0.1) is 5.82 Å². The molecular formula is C10H6BrClFNO2. The van der Waals surface area contributed by atoms with Crippen molar-refractivity contribution in [3.8, 4) is 0 Å². The van der Waals surface area contributed by atoms with Crippen molar-refractivity contribution >= 4 is 44.9 Å². The molecular weight excluding hydrogens is 300 g/mol. The van der Waals surface area contributed by atoms with Gasteiger partial charge in [0, 0.05) is 4.47 Å². The summed E-state index contributed by atoms with van der Waals surface area (Å²) >= 11 is 8.98. The number of rotatable bonds is 1. The Balaban J connectivity index is 2.48. The number of hydrogen-bond donors (Lipinski definition) is 0. The zero-order valence-electron chi connectivity index (χ0n) is 7.97. The zero-order valence-corrected chi connectivity index (χ0v) is 10.3. The minimum Gasteiger partial charge on any atom is -0.302 e. The van der Waals surface area contributed by atoms with Crippen molar-refractivity contribution in [3.05, 3.63) is 27.4 Å². The minimum absolute atomic E-state index is 0.0111. The molecule has 1 saturated heterocycles. The van der Waals surface area contributed by atoms with Gasteiger partial charge in [-0.25, -0.2) is 4.39 Å². The first-order chi connectivity index (χ1) is 7.49. The number of halogens is 3. The van der Waals surface area contributed by atoms with Crippen molar-refractivity contribution in [2.45, 2.75) is 6.42 Å². The lowest BCUT2D eigenvalue weighted by molar-refractivity contribution is -0.121. The van der Waals surface area contributed by atoms with Crippen LogP contribution in [0.25, 0.3) is 0 Å². The molecule has 16 heavy (non-hydrogen) atoms. The number of benzene rings is 1. The third-order valence-corrected chi connectivity index (χ3v) is 3.13. The highest BCUT2D eigenvalue weighted by atomic mass is 79.9. The van der Waals surface area contributed by atoms with E-state index in [9.17, 15) is 14.0 Å². The fourth-order valence-electron chi connectivity index (χ4n) is 1.58. The van der Waals surface area contributed by atoms with Crippen LogP contribution in [0.3, 0.4) is 0 Å². The number of carbonyl (C=O) groups excluding carboxylic acids is 2. The maximum Gasteiger partial charge on any atom is 0.234 e. The molecule has 0 atom stereocenters. The van der Waals surface area contributed by atoms with Gasteiger partial charge in [0.1, 0.15) is 5.82 Å². The number of carbonyl (C=O) groups is 2. The highest BCUT2D eigenvalue weighted by Gasteiger charge is 2.31. The Hall–Kier alpha value is -0.940. The normalized spacial score (nSPS) is 16.1. The van der Waals surface area contributed by atoms with E-state index in [4.69, 9.17) is 11.6 Å². The van der Waals surface area contributed by atoms with E-state index >= 15 is 0 Å². The molecule has 0 N–H and O–H groups in total. The van der Waals surface area contributed by atoms with Crippen molar-refractivity contribution in [1.82, 2.24) is 0 Å². The maximum atomic E-state index is 13.0. The highest BCUT2D eigenvalue weighted by molar-refractivity contribution is 9.10. The van der Waals surface area contributed by atoms with Gasteiger partial charge in [-0.3, -0.25) is 9.59 Å². The van der Waals surface area contributed by atoms with E-state index in [-0.39, 0.29) is 29.7 Å². The van der Waals surface area contributed by atoms with Crippen molar-refractivity contribution in [2.75, 3.05) is 11.4 Å². The topological polar surface area (TPSA) is 37.4 Å². The number of anilines is 1.